The van der Waals surface area contributed by atoms with Crippen LogP contribution in [0.25, 0.3) is 0 Å². The Bertz CT molecular complexity index is 464. The number of halogens is 1. The van der Waals surface area contributed by atoms with Crippen LogP contribution in [-0.2, 0) is 9.53 Å². The van der Waals surface area contributed by atoms with Gasteiger partial charge in [0, 0.05) is 10.6 Å². The Hall–Kier alpha value is -1.35. The van der Waals surface area contributed by atoms with Gasteiger partial charge in [-0.15, -0.1) is 0 Å². The molecule has 0 aromatic heterocycles. The van der Waals surface area contributed by atoms with Crippen LogP contribution >= 0.6 is 11.6 Å². The number of ketones is 1. The number of carbonyl (C=O) groups excluding carboxylic acids is 2. The Morgan fingerprint density at radius 1 is 1.41 bits per heavy atom. The Balaban J connectivity index is 2.19. The van der Waals surface area contributed by atoms with Crippen molar-refractivity contribution >= 4 is 23.4 Å². The molecule has 4 heteroatoms. The SMILES string of the molecule is CCOC(=O)C(=O)c1ccc(C2CC2)c(Cl)c1. The molecule has 17 heavy (non-hydrogen) atoms. The van der Waals surface area contributed by atoms with Crippen molar-refractivity contribution in [2.45, 2.75) is 25.7 Å². The minimum absolute atomic E-state index is 0.193. The van der Waals surface area contributed by atoms with Crippen LogP contribution in [0.1, 0.15) is 41.6 Å². The van der Waals surface area contributed by atoms with Gasteiger partial charge >= 0.3 is 5.97 Å². The molecule has 0 spiro atoms. The van der Waals surface area contributed by atoms with Crippen LogP contribution in [-0.4, -0.2) is 18.4 Å². The van der Waals surface area contributed by atoms with E-state index in [2.05, 4.69) is 4.74 Å². The first kappa shape index (κ1) is 12.1. The highest BCUT2D eigenvalue weighted by Gasteiger charge is 2.27. The smallest absolute Gasteiger partial charge is 0.379 e. The lowest BCUT2D eigenvalue weighted by Crippen LogP contribution is -2.17. The summed E-state index contributed by atoms with van der Waals surface area (Å²) in [6, 6.07) is 5.01. The molecule has 0 bridgehead atoms. The van der Waals surface area contributed by atoms with Crippen molar-refractivity contribution in [2.75, 3.05) is 6.61 Å². The van der Waals surface area contributed by atoms with Crippen LogP contribution in [0.5, 0.6) is 0 Å². The number of benzene rings is 1. The minimum Gasteiger partial charge on any atom is -0.460 e. The van der Waals surface area contributed by atoms with Gasteiger partial charge in [-0.25, -0.2) is 4.79 Å². The fourth-order valence-electron chi connectivity index (χ4n) is 1.71. The lowest BCUT2D eigenvalue weighted by atomic mass is 10.1. The predicted octanol–water partition coefficient (Wildman–Crippen LogP) is 2.96. The van der Waals surface area contributed by atoms with E-state index in [-0.39, 0.29) is 12.2 Å². The van der Waals surface area contributed by atoms with E-state index < -0.39 is 11.8 Å². The van der Waals surface area contributed by atoms with Crippen molar-refractivity contribution in [3.63, 3.8) is 0 Å². The predicted molar refractivity (Wildman–Crippen MR) is 64.4 cm³/mol. The van der Waals surface area contributed by atoms with Crippen LogP contribution in [0.15, 0.2) is 18.2 Å². The molecule has 1 aliphatic carbocycles. The van der Waals surface area contributed by atoms with Gasteiger partial charge in [0.25, 0.3) is 5.78 Å². The van der Waals surface area contributed by atoms with E-state index in [9.17, 15) is 9.59 Å². The van der Waals surface area contributed by atoms with Gasteiger partial charge in [-0.05, 0) is 37.3 Å². The van der Waals surface area contributed by atoms with Crippen molar-refractivity contribution in [2.24, 2.45) is 0 Å². The molecule has 0 N–H and O–H groups in total. The maximum absolute atomic E-state index is 11.7. The Labute approximate surface area is 105 Å². The molecule has 0 aliphatic heterocycles. The molecule has 3 nitrogen and oxygen atoms in total. The largest absolute Gasteiger partial charge is 0.460 e. The molecule has 1 fully saturated rings. The average molecular weight is 253 g/mol. The fourth-order valence-corrected chi connectivity index (χ4v) is 2.04. The van der Waals surface area contributed by atoms with Crippen LogP contribution in [0.4, 0.5) is 0 Å². The summed E-state index contributed by atoms with van der Waals surface area (Å²) >= 11 is 6.09. The van der Waals surface area contributed by atoms with E-state index in [4.69, 9.17) is 11.6 Å². The van der Waals surface area contributed by atoms with Gasteiger partial charge in [-0.1, -0.05) is 23.7 Å². The van der Waals surface area contributed by atoms with E-state index >= 15 is 0 Å². The highest BCUT2D eigenvalue weighted by Crippen LogP contribution is 2.43. The Morgan fingerprint density at radius 3 is 2.65 bits per heavy atom. The van der Waals surface area contributed by atoms with Crippen molar-refractivity contribution in [3.8, 4) is 0 Å². The number of hydrogen-bond acceptors (Lipinski definition) is 3. The molecular formula is C13H13ClO3. The first-order valence-electron chi connectivity index (χ1n) is 5.64. The number of carbonyl (C=O) groups is 2. The molecule has 2 rings (SSSR count). The average Bonchev–Trinajstić information content (AvgIpc) is 3.12. The maximum Gasteiger partial charge on any atom is 0.379 e. The lowest BCUT2D eigenvalue weighted by Gasteiger charge is -2.05. The van der Waals surface area contributed by atoms with Crippen LogP contribution in [0.3, 0.4) is 0 Å². The van der Waals surface area contributed by atoms with Gasteiger partial charge in [0.2, 0.25) is 0 Å². The van der Waals surface area contributed by atoms with Crippen molar-refractivity contribution in [1.82, 2.24) is 0 Å². The molecule has 0 unspecified atom stereocenters. The second kappa shape index (κ2) is 4.88. The number of ether oxygens (including phenoxy) is 1. The lowest BCUT2D eigenvalue weighted by molar-refractivity contribution is -0.137. The van der Waals surface area contributed by atoms with Crippen molar-refractivity contribution in [1.29, 1.82) is 0 Å². The molecule has 0 saturated heterocycles. The van der Waals surface area contributed by atoms with Gasteiger partial charge in [0.1, 0.15) is 0 Å². The molecular weight excluding hydrogens is 240 g/mol. The summed E-state index contributed by atoms with van der Waals surface area (Å²) in [4.78, 5) is 22.9. The molecule has 1 aromatic carbocycles. The third-order valence-electron chi connectivity index (χ3n) is 2.74. The molecule has 1 saturated carbocycles. The maximum atomic E-state index is 11.7. The topological polar surface area (TPSA) is 43.4 Å². The zero-order valence-corrected chi connectivity index (χ0v) is 10.3. The van der Waals surface area contributed by atoms with E-state index in [1.165, 1.54) is 0 Å². The Kier molecular flexibility index (Phi) is 3.48. The minimum atomic E-state index is -0.831. The number of hydrogen-bond donors (Lipinski definition) is 0. The van der Waals surface area contributed by atoms with E-state index in [0.29, 0.717) is 10.9 Å². The van der Waals surface area contributed by atoms with Crippen molar-refractivity contribution in [3.05, 3.63) is 34.3 Å². The molecule has 90 valence electrons. The third-order valence-corrected chi connectivity index (χ3v) is 3.07. The van der Waals surface area contributed by atoms with Gasteiger partial charge in [0.15, 0.2) is 0 Å². The first-order valence-corrected chi connectivity index (χ1v) is 6.02. The number of Topliss-reactive ketones (excluding diaryl/α,β-unsaturated/α-hetero) is 1. The summed E-state index contributed by atoms with van der Waals surface area (Å²) in [6.07, 6.45) is 2.29. The number of esters is 1. The van der Waals surface area contributed by atoms with E-state index in [1.807, 2.05) is 6.07 Å². The molecule has 1 aliphatic rings. The van der Waals surface area contributed by atoms with Gasteiger partial charge < -0.3 is 4.74 Å². The first-order chi connectivity index (χ1) is 8.13. The van der Waals surface area contributed by atoms with E-state index in [0.717, 1.165) is 18.4 Å². The normalized spacial score (nSPS) is 14.5. The fraction of sp³-hybridized carbons (Fsp3) is 0.385. The van der Waals surface area contributed by atoms with E-state index in [1.54, 1.807) is 19.1 Å². The summed E-state index contributed by atoms with van der Waals surface area (Å²) < 4.78 is 4.66. The van der Waals surface area contributed by atoms with Crippen LogP contribution in [0.2, 0.25) is 5.02 Å². The van der Waals surface area contributed by atoms with Crippen molar-refractivity contribution < 1.29 is 14.3 Å². The molecule has 0 amide bonds. The zero-order valence-electron chi connectivity index (χ0n) is 9.53. The third kappa shape index (κ3) is 2.67. The van der Waals surface area contributed by atoms with Gasteiger partial charge in [-0.2, -0.15) is 0 Å². The summed E-state index contributed by atoms with van der Waals surface area (Å²) in [5.41, 5.74) is 1.35. The molecule has 0 radical (unpaired) electrons. The Morgan fingerprint density at radius 2 is 2.12 bits per heavy atom. The van der Waals surface area contributed by atoms with Gasteiger partial charge in [0.05, 0.1) is 6.61 Å². The molecule has 0 heterocycles. The summed E-state index contributed by atoms with van der Waals surface area (Å²) in [6.45, 7) is 1.85. The summed E-state index contributed by atoms with van der Waals surface area (Å²) in [7, 11) is 0. The number of rotatable bonds is 4. The summed E-state index contributed by atoms with van der Waals surface area (Å²) in [5.74, 6) is -0.951. The second-order valence-corrected chi connectivity index (χ2v) is 4.47. The highest BCUT2D eigenvalue weighted by molar-refractivity contribution is 6.41. The molecule has 1 aromatic rings. The quantitative estimate of drug-likeness (QED) is 0.470. The molecule has 0 atom stereocenters. The highest BCUT2D eigenvalue weighted by atomic mass is 35.5. The second-order valence-electron chi connectivity index (χ2n) is 4.06. The standard InChI is InChI=1S/C13H13ClO3/c1-2-17-13(16)12(15)9-5-6-10(8-3-4-8)11(14)7-9/h5-8H,2-4H2,1H3. The zero-order chi connectivity index (χ0) is 12.4. The van der Waals surface area contributed by atoms with Crippen LogP contribution < -0.4 is 0 Å². The monoisotopic (exact) mass is 252 g/mol. The van der Waals surface area contributed by atoms with Crippen LogP contribution in [0, 0.1) is 0 Å². The van der Waals surface area contributed by atoms with Gasteiger partial charge in [-0.3, -0.25) is 4.79 Å². The summed E-state index contributed by atoms with van der Waals surface area (Å²) in [5, 5.41) is 0.558.